The van der Waals surface area contributed by atoms with Crippen LogP contribution in [0.25, 0.3) is 11.5 Å². The predicted molar refractivity (Wildman–Crippen MR) is 104 cm³/mol. The Hall–Kier alpha value is -2.33. The SMILES string of the molecule is C[C@@H]1COCCN1c1cc(N=[S@@](C)(=O)C2CC2)nc(-c2ccnc(N)n2)n1. The summed E-state index contributed by atoms with van der Waals surface area (Å²) >= 11 is 0. The van der Waals surface area contributed by atoms with E-state index >= 15 is 0 Å². The Kier molecular flexibility index (Phi) is 4.68. The molecule has 2 aromatic heterocycles. The molecule has 1 aliphatic carbocycles. The quantitative estimate of drug-likeness (QED) is 0.838. The van der Waals surface area contributed by atoms with E-state index in [0.717, 1.165) is 18.7 Å². The van der Waals surface area contributed by atoms with Gasteiger partial charge in [0.1, 0.15) is 11.5 Å². The van der Waals surface area contributed by atoms with Gasteiger partial charge in [-0.25, -0.2) is 24.1 Å². The van der Waals surface area contributed by atoms with Gasteiger partial charge in [-0.1, -0.05) is 0 Å². The fraction of sp³-hybridized carbons (Fsp3) is 0.529. The maximum Gasteiger partial charge on any atom is 0.220 e. The van der Waals surface area contributed by atoms with E-state index in [4.69, 9.17) is 10.5 Å². The second-order valence-corrected chi connectivity index (χ2v) is 9.55. The molecule has 2 atom stereocenters. The Labute approximate surface area is 158 Å². The van der Waals surface area contributed by atoms with Gasteiger partial charge in [0.2, 0.25) is 5.95 Å². The summed E-state index contributed by atoms with van der Waals surface area (Å²) in [7, 11) is -2.32. The molecule has 0 bridgehead atoms. The molecular formula is C17H23N7O2S. The van der Waals surface area contributed by atoms with Gasteiger partial charge in [0, 0.05) is 30.3 Å². The maximum absolute atomic E-state index is 12.9. The third-order valence-electron chi connectivity index (χ3n) is 4.68. The van der Waals surface area contributed by atoms with Crippen molar-refractivity contribution >= 4 is 27.3 Å². The molecule has 2 aromatic rings. The van der Waals surface area contributed by atoms with E-state index in [2.05, 4.69) is 36.1 Å². The fourth-order valence-electron chi connectivity index (χ4n) is 3.06. The summed E-state index contributed by atoms with van der Waals surface area (Å²) in [4.78, 5) is 19.5. The molecule has 1 aliphatic heterocycles. The maximum atomic E-state index is 12.9. The molecule has 27 heavy (non-hydrogen) atoms. The van der Waals surface area contributed by atoms with Gasteiger partial charge in [0.25, 0.3) is 0 Å². The third-order valence-corrected chi connectivity index (χ3v) is 6.94. The molecule has 9 nitrogen and oxygen atoms in total. The molecule has 2 fully saturated rings. The highest BCUT2D eigenvalue weighted by Crippen LogP contribution is 2.32. The van der Waals surface area contributed by atoms with Crippen LogP contribution in [0, 0.1) is 0 Å². The summed E-state index contributed by atoms with van der Waals surface area (Å²) in [5.41, 5.74) is 6.22. The minimum atomic E-state index is -2.32. The highest BCUT2D eigenvalue weighted by molar-refractivity contribution is 7.93. The van der Waals surface area contributed by atoms with Crippen LogP contribution in [0.4, 0.5) is 17.6 Å². The van der Waals surface area contributed by atoms with E-state index < -0.39 is 9.73 Å². The van der Waals surface area contributed by atoms with Gasteiger partial charge in [-0.15, -0.1) is 0 Å². The third kappa shape index (κ3) is 4.01. The van der Waals surface area contributed by atoms with Crippen LogP contribution in [0.3, 0.4) is 0 Å². The van der Waals surface area contributed by atoms with Crippen LogP contribution in [0.1, 0.15) is 19.8 Å². The van der Waals surface area contributed by atoms with Crippen molar-refractivity contribution in [2.24, 2.45) is 4.36 Å². The van der Waals surface area contributed by atoms with E-state index in [0.29, 0.717) is 37.1 Å². The molecule has 144 valence electrons. The molecule has 0 aromatic carbocycles. The highest BCUT2D eigenvalue weighted by Gasteiger charge is 2.31. The zero-order valence-corrected chi connectivity index (χ0v) is 16.2. The number of hydrogen-bond acceptors (Lipinski definition) is 9. The summed E-state index contributed by atoms with van der Waals surface area (Å²) in [5, 5.41) is 0.149. The van der Waals surface area contributed by atoms with E-state index in [-0.39, 0.29) is 17.2 Å². The number of nitrogens with two attached hydrogens (primary N) is 1. The first-order valence-corrected chi connectivity index (χ1v) is 10.9. The summed E-state index contributed by atoms with van der Waals surface area (Å²) in [6.45, 7) is 4.04. The second kappa shape index (κ2) is 7.01. The number of rotatable bonds is 4. The molecule has 4 rings (SSSR count). The van der Waals surface area contributed by atoms with Gasteiger partial charge in [-0.3, -0.25) is 0 Å². The lowest BCUT2D eigenvalue weighted by molar-refractivity contribution is 0.0985. The Morgan fingerprint density at radius 1 is 1.33 bits per heavy atom. The zero-order valence-electron chi connectivity index (χ0n) is 15.4. The number of aromatic nitrogens is 4. The molecule has 1 saturated carbocycles. The van der Waals surface area contributed by atoms with Crippen LogP contribution in [0.5, 0.6) is 0 Å². The van der Waals surface area contributed by atoms with Gasteiger partial charge < -0.3 is 15.4 Å². The number of nitrogens with zero attached hydrogens (tertiary/aromatic N) is 6. The van der Waals surface area contributed by atoms with Crippen molar-refractivity contribution in [3.63, 3.8) is 0 Å². The number of morpholine rings is 1. The van der Waals surface area contributed by atoms with E-state index in [1.54, 1.807) is 24.6 Å². The number of nitrogen functional groups attached to an aromatic ring is 1. The van der Waals surface area contributed by atoms with Crippen molar-refractivity contribution in [1.82, 2.24) is 19.9 Å². The standard InChI is InChI=1S/C17H23N7O2S/c1-11-10-26-8-7-24(11)15-9-14(23-27(2,25)12-3-4-12)21-16(22-15)13-5-6-19-17(18)20-13/h5-6,9,11-12H,3-4,7-8,10H2,1-2H3,(H2,18,19,20)/t11-,27+/m1/s1. The molecule has 0 unspecified atom stereocenters. The number of ether oxygens (including phenoxy) is 1. The average molecular weight is 389 g/mol. The van der Waals surface area contributed by atoms with Gasteiger partial charge >= 0.3 is 0 Å². The predicted octanol–water partition coefficient (Wildman–Crippen LogP) is 1.63. The molecule has 0 amide bonds. The lowest BCUT2D eigenvalue weighted by atomic mass is 10.2. The van der Waals surface area contributed by atoms with Crippen LogP contribution < -0.4 is 10.6 Å². The molecule has 3 heterocycles. The van der Waals surface area contributed by atoms with Gasteiger partial charge in [-0.05, 0) is 25.8 Å². The molecular weight excluding hydrogens is 366 g/mol. The van der Waals surface area contributed by atoms with E-state index in [1.165, 1.54) is 0 Å². The van der Waals surface area contributed by atoms with Crippen molar-refractivity contribution in [3.8, 4) is 11.5 Å². The normalized spacial score (nSPS) is 22.3. The topological polar surface area (TPSA) is 119 Å². The first kappa shape index (κ1) is 18.1. The summed E-state index contributed by atoms with van der Waals surface area (Å²) < 4.78 is 22.9. The Morgan fingerprint density at radius 3 is 2.85 bits per heavy atom. The lowest BCUT2D eigenvalue weighted by Crippen LogP contribution is -2.44. The average Bonchev–Trinajstić information content (AvgIpc) is 3.47. The fourth-order valence-corrected chi connectivity index (χ4v) is 4.69. The smallest absolute Gasteiger partial charge is 0.220 e. The largest absolute Gasteiger partial charge is 0.377 e. The number of anilines is 2. The molecule has 10 heteroatoms. The summed E-state index contributed by atoms with van der Waals surface area (Å²) in [6.07, 6.45) is 5.17. The summed E-state index contributed by atoms with van der Waals surface area (Å²) in [5.74, 6) is 1.67. The van der Waals surface area contributed by atoms with Gasteiger partial charge in [-0.2, -0.15) is 4.36 Å². The van der Waals surface area contributed by atoms with E-state index in [9.17, 15) is 4.21 Å². The van der Waals surface area contributed by atoms with Gasteiger partial charge in [0.05, 0.1) is 29.0 Å². The minimum absolute atomic E-state index is 0.149. The lowest BCUT2D eigenvalue weighted by Gasteiger charge is -2.34. The molecule has 0 radical (unpaired) electrons. The van der Waals surface area contributed by atoms with Crippen molar-refractivity contribution in [2.45, 2.75) is 31.1 Å². The van der Waals surface area contributed by atoms with Crippen LogP contribution in [-0.2, 0) is 14.5 Å². The highest BCUT2D eigenvalue weighted by atomic mass is 32.2. The molecule has 2 N–H and O–H groups in total. The number of hydrogen-bond donors (Lipinski definition) is 1. The van der Waals surface area contributed by atoms with Crippen molar-refractivity contribution in [3.05, 3.63) is 18.3 Å². The minimum Gasteiger partial charge on any atom is -0.377 e. The van der Waals surface area contributed by atoms with Crippen LogP contribution in [0.2, 0.25) is 0 Å². The Morgan fingerprint density at radius 2 is 2.15 bits per heavy atom. The monoisotopic (exact) mass is 389 g/mol. The van der Waals surface area contributed by atoms with Crippen LogP contribution in [-0.4, -0.2) is 61.5 Å². The zero-order chi connectivity index (χ0) is 19.0. The first-order chi connectivity index (χ1) is 12.9. The first-order valence-electron chi connectivity index (χ1n) is 8.96. The van der Waals surface area contributed by atoms with E-state index in [1.807, 2.05) is 0 Å². The Balaban J connectivity index is 1.82. The van der Waals surface area contributed by atoms with Crippen molar-refractivity contribution in [1.29, 1.82) is 0 Å². The van der Waals surface area contributed by atoms with Gasteiger partial charge in [0.15, 0.2) is 11.6 Å². The Bertz CT molecular complexity index is 970. The summed E-state index contributed by atoms with van der Waals surface area (Å²) in [6, 6.07) is 3.66. The van der Waals surface area contributed by atoms with Crippen LogP contribution in [0.15, 0.2) is 22.7 Å². The molecule has 1 saturated heterocycles. The van der Waals surface area contributed by atoms with Crippen molar-refractivity contribution in [2.75, 3.05) is 36.6 Å². The van der Waals surface area contributed by atoms with Crippen molar-refractivity contribution < 1.29 is 8.95 Å². The second-order valence-electron chi connectivity index (χ2n) is 6.98. The molecule has 0 spiro atoms. The van der Waals surface area contributed by atoms with Crippen LogP contribution >= 0.6 is 0 Å². The molecule has 2 aliphatic rings.